The monoisotopic (exact) mass is 533 g/mol. The number of rotatable bonds is 4. The summed E-state index contributed by atoms with van der Waals surface area (Å²) in [5.74, 6) is -0.560. The number of carbonyl (C=O) groups is 2. The van der Waals surface area contributed by atoms with Crippen LogP contribution in [0.1, 0.15) is 21.7 Å². The van der Waals surface area contributed by atoms with Crippen LogP contribution in [0.3, 0.4) is 0 Å². The molecule has 8 nitrogen and oxygen atoms in total. The summed E-state index contributed by atoms with van der Waals surface area (Å²) >= 11 is 11.6. The van der Waals surface area contributed by atoms with Crippen LogP contribution in [-0.2, 0) is 17.5 Å². The number of aliphatic hydroxyl groups is 1. The molecule has 2 fully saturated rings. The van der Waals surface area contributed by atoms with Crippen molar-refractivity contribution in [2.75, 3.05) is 39.3 Å². The quantitative estimate of drug-likeness (QED) is 0.653. The Kier molecular flexibility index (Phi) is 7.33. The summed E-state index contributed by atoms with van der Waals surface area (Å²) in [6.45, 7) is 3.21. The van der Waals surface area contributed by atoms with Gasteiger partial charge in [-0.3, -0.25) is 19.2 Å². The van der Waals surface area contributed by atoms with Crippen molar-refractivity contribution in [1.29, 1.82) is 0 Å². The normalized spacial score (nSPS) is 21.6. The van der Waals surface area contributed by atoms with E-state index in [0.717, 1.165) is 4.68 Å². The molecule has 4 rings (SSSR count). The zero-order chi connectivity index (χ0) is 25.5. The average molecular weight is 534 g/mol. The number of amides is 2. The van der Waals surface area contributed by atoms with E-state index in [-0.39, 0.29) is 30.7 Å². The number of alkyl halides is 3. The molecule has 2 saturated heterocycles. The van der Waals surface area contributed by atoms with E-state index >= 15 is 0 Å². The molecule has 1 aromatic heterocycles. The molecule has 13 heteroatoms. The molecule has 2 atom stereocenters. The van der Waals surface area contributed by atoms with Crippen molar-refractivity contribution >= 4 is 35.0 Å². The lowest BCUT2D eigenvalue weighted by Crippen LogP contribution is -2.55. The van der Waals surface area contributed by atoms with E-state index in [1.54, 1.807) is 29.2 Å². The van der Waals surface area contributed by atoms with Gasteiger partial charge in [-0.25, -0.2) is 0 Å². The molecule has 2 aliphatic rings. The fraction of sp³-hybridized carbons (Fsp3) is 0.500. The minimum Gasteiger partial charge on any atom is -0.390 e. The third kappa shape index (κ3) is 5.42. The van der Waals surface area contributed by atoms with E-state index in [0.29, 0.717) is 36.8 Å². The van der Waals surface area contributed by atoms with Crippen LogP contribution in [0.5, 0.6) is 0 Å². The second-order valence-corrected chi connectivity index (χ2v) is 9.49. The molecule has 0 radical (unpaired) electrons. The molecule has 1 N–H and O–H groups in total. The highest BCUT2D eigenvalue weighted by atomic mass is 35.5. The molecule has 1 aromatic carbocycles. The number of piperazine rings is 1. The second-order valence-electron chi connectivity index (χ2n) is 8.67. The second kappa shape index (κ2) is 9.96. The maximum atomic E-state index is 13.1. The molecule has 35 heavy (non-hydrogen) atoms. The van der Waals surface area contributed by atoms with Gasteiger partial charge < -0.3 is 14.9 Å². The zero-order valence-corrected chi connectivity index (χ0v) is 20.3. The zero-order valence-electron chi connectivity index (χ0n) is 18.8. The van der Waals surface area contributed by atoms with Crippen molar-refractivity contribution in [1.82, 2.24) is 24.5 Å². The number of aliphatic hydroxyl groups excluding tert-OH is 1. The van der Waals surface area contributed by atoms with Crippen molar-refractivity contribution in [3.8, 4) is 0 Å². The van der Waals surface area contributed by atoms with Crippen LogP contribution in [0, 0.1) is 6.92 Å². The summed E-state index contributed by atoms with van der Waals surface area (Å²) in [5, 5.41) is 14.1. The summed E-state index contributed by atoms with van der Waals surface area (Å²) < 4.78 is 40.1. The number of carbonyl (C=O) groups excluding carboxylic acids is 2. The predicted octanol–water partition coefficient (Wildman–Crippen LogP) is 2.55. The number of nitrogens with zero attached hydrogens (tertiary/aromatic N) is 5. The lowest BCUT2D eigenvalue weighted by molar-refractivity contribution is -0.142. The van der Waals surface area contributed by atoms with Crippen LogP contribution in [-0.4, -0.2) is 92.8 Å². The first kappa shape index (κ1) is 25.7. The highest BCUT2D eigenvalue weighted by Gasteiger charge is 2.41. The lowest BCUT2D eigenvalue weighted by atomic mass is 10.1. The van der Waals surface area contributed by atoms with Gasteiger partial charge in [0.1, 0.15) is 6.54 Å². The lowest BCUT2D eigenvalue weighted by Gasteiger charge is -2.38. The molecule has 2 amide bonds. The Bertz CT molecular complexity index is 1100. The van der Waals surface area contributed by atoms with Gasteiger partial charge in [-0.2, -0.15) is 18.3 Å². The summed E-state index contributed by atoms with van der Waals surface area (Å²) in [6, 6.07) is 6.34. The van der Waals surface area contributed by atoms with Crippen LogP contribution >= 0.6 is 23.2 Å². The summed E-state index contributed by atoms with van der Waals surface area (Å²) in [5.41, 5.74) is -0.636. The standard InChI is InChI=1S/C22H24Cl2F3N5O3/c1-13-19(24)20(22(25,26)27)28-32(13)12-18(34)31-10-16(17(33)11-31)29-6-8-30(9-7-29)21(35)14-2-4-15(23)5-3-14/h2-5,16-17,33H,6-12H2,1H3. The topological polar surface area (TPSA) is 81.9 Å². The van der Waals surface area contributed by atoms with Crippen molar-refractivity contribution in [2.45, 2.75) is 31.8 Å². The molecule has 3 heterocycles. The molecule has 2 unspecified atom stereocenters. The molecule has 2 aromatic rings. The van der Waals surface area contributed by atoms with Crippen molar-refractivity contribution in [3.05, 3.63) is 51.3 Å². The summed E-state index contributed by atoms with van der Waals surface area (Å²) in [6.07, 6.45) is -5.53. The smallest absolute Gasteiger partial charge is 0.390 e. The Morgan fingerprint density at radius 1 is 1.06 bits per heavy atom. The molecule has 190 valence electrons. The SMILES string of the molecule is Cc1c(Cl)c(C(F)(F)F)nn1CC(=O)N1CC(O)C(N2CCN(C(=O)c3ccc(Cl)cc3)CC2)C1. The van der Waals surface area contributed by atoms with E-state index < -0.39 is 35.4 Å². The Labute approximate surface area is 209 Å². The van der Waals surface area contributed by atoms with E-state index in [2.05, 4.69) is 5.10 Å². The van der Waals surface area contributed by atoms with Gasteiger partial charge >= 0.3 is 6.18 Å². The Morgan fingerprint density at radius 3 is 2.26 bits per heavy atom. The minimum absolute atomic E-state index is 0.0464. The van der Waals surface area contributed by atoms with Crippen molar-refractivity contribution in [2.24, 2.45) is 0 Å². The van der Waals surface area contributed by atoms with Gasteiger partial charge in [0.05, 0.1) is 22.9 Å². The molecular formula is C22H24Cl2F3N5O3. The summed E-state index contributed by atoms with van der Waals surface area (Å²) in [4.78, 5) is 30.7. The number of likely N-dealkylation sites (tertiary alicyclic amines) is 1. The molecule has 2 aliphatic heterocycles. The number of halogens is 5. The highest BCUT2D eigenvalue weighted by molar-refractivity contribution is 6.32. The summed E-state index contributed by atoms with van der Waals surface area (Å²) in [7, 11) is 0. The highest BCUT2D eigenvalue weighted by Crippen LogP contribution is 2.35. The first-order valence-electron chi connectivity index (χ1n) is 11.0. The maximum Gasteiger partial charge on any atom is 0.436 e. The van der Waals surface area contributed by atoms with E-state index in [1.165, 1.54) is 11.8 Å². The van der Waals surface area contributed by atoms with E-state index in [4.69, 9.17) is 23.2 Å². The molecule has 0 saturated carbocycles. The first-order chi connectivity index (χ1) is 16.5. The predicted molar refractivity (Wildman–Crippen MR) is 122 cm³/mol. The van der Waals surface area contributed by atoms with Gasteiger partial charge in [-0.1, -0.05) is 23.2 Å². The minimum atomic E-state index is -4.72. The van der Waals surface area contributed by atoms with E-state index in [9.17, 15) is 27.9 Å². The average Bonchev–Trinajstić information content (AvgIpc) is 3.34. The number of hydrogen-bond donors (Lipinski definition) is 1. The Balaban J connectivity index is 1.34. The fourth-order valence-electron chi connectivity index (χ4n) is 4.45. The number of β-amino-alcohol motifs (C(OH)–C–C–N with tert-alkyl or cyclic N) is 1. The van der Waals surface area contributed by atoms with Crippen LogP contribution in [0.15, 0.2) is 24.3 Å². The third-order valence-corrected chi connectivity index (χ3v) is 7.16. The number of aromatic nitrogens is 2. The van der Waals surface area contributed by atoms with E-state index in [1.807, 2.05) is 4.90 Å². The van der Waals surface area contributed by atoms with Gasteiger partial charge in [0.15, 0.2) is 5.69 Å². The fourth-order valence-corrected chi connectivity index (χ4v) is 4.82. The maximum absolute atomic E-state index is 13.1. The number of hydrogen-bond acceptors (Lipinski definition) is 5. The first-order valence-corrected chi connectivity index (χ1v) is 11.8. The van der Waals surface area contributed by atoms with Gasteiger partial charge in [0.25, 0.3) is 5.91 Å². The molecule has 0 spiro atoms. The van der Waals surface area contributed by atoms with Crippen LogP contribution < -0.4 is 0 Å². The third-order valence-electron chi connectivity index (χ3n) is 6.46. The van der Waals surface area contributed by atoms with Crippen LogP contribution in [0.2, 0.25) is 10.0 Å². The number of benzene rings is 1. The molecular weight excluding hydrogens is 510 g/mol. The largest absolute Gasteiger partial charge is 0.436 e. The Morgan fingerprint density at radius 2 is 1.69 bits per heavy atom. The Hall–Kier alpha value is -2.34. The van der Waals surface area contributed by atoms with Gasteiger partial charge in [-0.05, 0) is 31.2 Å². The molecule has 0 aliphatic carbocycles. The van der Waals surface area contributed by atoms with Crippen LogP contribution in [0.4, 0.5) is 13.2 Å². The van der Waals surface area contributed by atoms with Gasteiger partial charge in [0.2, 0.25) is 5.91 Å². The van der Waals surface area contributed by atoms with Crippen LogP contribution in [0.25, 0.3) is 0 Å². The van der Waals surface area contributed by atoms with Gasteiger partial charge in [-0.15, -0.1) is 0 Å². The van der Waals surface area contributed by atoms with Crippen molar-refractivity contribution in [3.63, 3.8) is 0 Å². The van der Waals surface area contributed by atoms with Crippen molar-refractivity contribution < 1.29 is 27.9 Å². The van der Waals surface area contributed by atoms with Gasteiger partial charge in [0, 0.05) is 49.9 Å². The molecule has 0 bridgehead atoms.